The van der Waals surface area contributed by atoms with Gasteiger partial charge in [0.2, 0.25) is 0 Å². The van der Waals surface area contributed by atoms with Crippen molar-refractivity contribution in [3.8, 4) is 5.75 Å². The van der Waals surface area contributed by atoms with Crippen LogP contribution in [0.25, 0.3) is 0 Å². The van der Waals surface area contributed by atoms with E-state index >= 15 is 0 Å². The molecule has 1 aromatic carbocycles. The lowest BCUT2D eigenvalue weighted by molar-refractivity contribution is -0.133. The summed E-state index contributed by atoms with van der Waals surface area (Å²) in [6.45, 7) is 0. The van der Waals surface area contributed by atoms with Crippen molar-refractivity contribution in [2.24, 2.45) is 0 Å². The van der Waals surface area contributed by atoms with Crippen LogP contribution >= 0.6 is 11.6 Å². The van der Waals surface area contributed by atoms with Crippen LogP contribution in [0.1, 0.15) is 23.2 Å². The second-order valence-electron chi connectivity index (χ2n) is 3.36. The third-order valence-corrected chi connectivity index (χ3v) is 2.42. The number of rotatable bonds is 4. The maximum atomic E-state index is 12.0. The molecule has 17 heavy (non-hydrogen) atoms. The number of carbonyl (C=O) groups excluding carboxylic acids is 1. The van der Waals surface area contributed by atoms with Crippen LogP contribution < -0.4 is 4.74 Å². The van der Waals surface area contributed by atoms with Gasteiger partial charge in [0.25, 0.3) is 0 Å². The van der Waals surface area contributed by atoms with E-state index in [2.05, 4.69) is 0 Å². The molecular formula is C11H10ClF3O2. The first-order valence-electron chi connectivity index (χ1n) is 4.77. The van der Waals surface area contributed by atoms with Gasteiger partial charge in [-0.2, -0.15) is 13.2 Å². The van der Waals surface area contributed by atoms with Crippen molar-refractivity contribution in [3.63, 3.8) is 0 Å². The number of hydrogen-bond acceptors (Lipinski definition) is 2. The summed E-state index contributed by atoms with van der Waals surface area (Å²) in [6, 6.07) is 4.47. The highest BCUT2D eigenvalue weighted by Gasteiger charge is 2.29. The molecule has 0 spiro atoms. The van der Waals surface area contributed by atoms with Gasteiger partial charge in [0.05, 0.1) is 24.1 Å². The number of halogens is 4. The Labute approximate surface area is 101 Å². The monoisotopic (exact) mass is 266 g/mol. The zero-order valence-electron chi connectivity index (χ0n) is 8.97. The SMILES string of the molecule is COc1cccc(Cl)c1C(=O)CCC(F)(F)F. The van der Waals surface area contributed by atoms with Crippen LogP contribution in [0.3, 0.4) is 0 Å². The number of benzene rings is 1. The van der Waals surface area contributed by atoms with E-state index in [1.54, 1.807) is 6.07 Å². The van der Waals surface area contributed by atoms with E-state index in [1.165, 1.54) is 19.2 Å². The maximum Gasteiger partial charge on any atom is 0.389 e. The van der Waals surface area contributed by atoms with Gasteiger partial charge in [0, 0.05) is 6.42 Å². The van der Waals surface area contributed by atoms with Gasteiger partial charge < -0.3 is 4.74 Å². The highest BCUT2D eigenvalue weighted by molar-refractivity contribution is 6.34. The minimum Gasteiger partial charge on any atom is -0.496 e. The van der Waals surface area contributed by atoms with Crippen molar-refractivity contribution in [1.29, 1.82) is 0 Å². The van der Waals surface area contributed by atoms with Crippen LogP contribution in [0.2, 0.25) is 5.02 Å². The zero-order valence-corrected chi connectivity index (χ0v) is 9.73. The lowest BCUT2D eigenvalue weighted by Gasteiger charge is -2.10. The smallest absolute Gasteiger partial charge is 0.389 e. The molecule has 2 nitrogen and oxygen atoms in total. The van der Waals surface area contributed by atoms with Gasteiger partial charge >= 0.3 is 6.18 Å². The van der Waals surface area contributed by atoms with Crippen molar-refractivity contribution < 1.29 is 22.7 Å². The average molecular weight is 267 g/mol. The summed E-state index contributed by atoms with van der Waals surface area (Å²) in [5.41, 5.74) is 0.000849. The molecular weight excluding hydrogens is 257 g/mol. The summed E-state index contributed by atoms with van der Waals surface area (Å²) < 4.78 is 40.9. The largest absolute Gasteiger partial charge is 0.496 e. The van der Waals surface area contributed by atoms with Crippen molar-refractivity contribution >= 4 is 17.4 Å². The average Bonchev–Trinajstić information content (AvgIpc) is 2.24. The van der Waals surface area contributed by atoms with E-state index in [1.807, 2.05) is 0 Å². The van der Waals surface area contributed by atoms with E-state index in [9.17, 15) is 18.0 Å². The van der Waals surface area contributed by atoms with Gasteiger partial charge in [-0.05, 0) is 12.1 Å². The molecule has 0 bridgehead atoms. The molecule has 0 saturated carbocycles. The molecule has 1 aromatic rings. The topological polar surface area (TPSA) is 26.3 Å². The van der Waals surface area contributed by atoms with Crippen LogP contribution in [-0.2, 0) is 0 Å². The second-order valence-corrected chi connectivity index (χ2v) is 3.76. The molecule has 0 amide bonds. The lowest BCUT2D eigenvalue weighted by Crippen LogP contribution is -2.12. The summed E-state index contributed by atoms with van der Waals surface area (Å²) >= 11 is 5.77. The molecule has 0 fully saturated rings. The molecule has 0 aliphatic carbocycles. The van der Waals surface area contributed by atoms with Gasteiger partial charge in [0.1, 0.15) is 5.75 Å². The minimum absolute atomic E-state index is 0.000849. The molecule has 0 heterocycles. The van der Waals surface area contributed by atoms with Crippen LogP contribution in [0.5, 0.6) is 5.75 Å². The zero-order chi connectivity index (χ0) is 13.1. The standard InChI is InChI=1S/C11H10ClF3O2/c1-17-9-4-2-3-7(12)10(9)8(16)5-6-11(13,14)15/h2-4H,5-6H2,1H3. The van der Waals surface area contributed by atoms with E-state index in [0.717, 1.165) is 0 Å². The fourth-order valence-electron chi connectivity index (χ4n) is 1.33. The van der Waals surface area contributed by atoms with Crippen molar-refractivity contribution in [2.45, 2.75) is 19.0 Å². The summed E-state index contributed by atoms with van der Waals surface area (Å²) in [4.78, 5) is 11.6. The van der Waals surface area contributed by atoms with Crippen LogP contribution in [0, 0.1) is 0 Å². The van der Waals surface area contributed by atoms with Crippen molar-refractivity contribution in [2.75, 3.05) is 7.11 Å². The Morgan fingerprint density at radius 3 is 2.59 bits per heavy atom. The van der Waals surface area contributed by atoms with Crippen LogP contribution in [0.4, 0.5) is 13.2 Å². The number of hydrogen-bond donors (Lipinski definition) is 0. The van der Waals surface area contributed by atoms with Crippen LogP contribution in [0.15, 0.2) is 18.2 Å². The van der Waals surface area contributed by atoms with E-state index in [-0.39, 0.29) is 16.3 Å². The number of carbonyl (C=O) groups is 1. The van der Waals surface area contributed by atoms with Gasteiger partial charge in [-0.25, -0.2) is 0 Å². The summed E-state index contributed by atoms with van der Waals surface area (Å²) in [7, 11) is 1.33. The van der Waals surface area contributed by atoms with Gasteiger partial charge in [-0.3, -0.25) is 4.79 Å². The molecule has 0 aliphatic heterocycles. The fraction of sp³-hybridized carbons (Fsp3) is 0.364. The maximum absolute atomic E-state index is 12.0. The normalized spacial score (nSPS) is 11.4. The van der Waals surface area contributed by atoms with Crippen molar-refractivity contribution in [3.05, 3.63) is 28.8 Å². The molecule has 6 heteroatoms. The van der Waals surface area contributed by atoms with Crippen LogP contribution in [-0.4, -0.2) is 19.1 Å². The first-order valence-corrected chi connectivity index (χ1v) is 5.15. The Morgan fingerprint density at radius 1 is 1.41 bits per heavy atom. The highest BCUT2D eigenvalue weighted by Crippen LogP contribution is 2.30. The Balaban J connectivity index is 2.89. The number of ether oxygens (including phenoxy) is 1. The molecule has 0 unspecified atom stereocenters. The molecule has 1 rings (SSSR count). The Kier molecular flexibility index (Phi) is 4.40. The molecule has 0 saturated heterocycles. The number of methoxy groups -OCH3 is 1. The summed E-state index contributed by atoms with van der Waals surface area (Å²) in [5.74, 6) is -0.491. The molecule has 0 radical (unpaired) electrons. The summed E-state index contributed by atoms with van der Waals surface area (Å²) in [6.07, 6.45) is -6.16. The van der Waals surface area contributed by atoms with Gasteiger partial charge in [-0.15, -0.1) is 0 Å². The third kappa shape index (κ3) is 3.93. The fourth-order valence-corrected chi connectivity index (χ4v) is 1.60. The van der Waals surface area contributed by atoms with Gasteiger partial charge in [0.15, 0.2) is 5.78 Å². The Morgan fingerprint density at radius 2 is 2.06 bits per heavy atom. The predicted molar refractivity (Wildman–Crippen MR) is 57.6 cm³/mol. The lowest BCUT2D eigenvalue weighted by atomic mass is 10.1. The Hall–Kier alpha value is -1.23. The number of alkyl halides is 3. The number of Topliss-reactive ketones (excluding diaryl/α,β-unsaturated/α-hetero) is 1. The van der Waals surface area contributed by atoms with E-state index in [0.29, 0.717) is 0 Å². The van der Waals surface area contributed by atoms with Gasteiger partial charge in [-0.1, -0.05) is 17.7 Å². The summed E-state index contributed by atoms with van der Waals surface area (Å²) in [5, 5.41) is 0.0940. The van der Waals surface area contributed by atoms with Crippen molar-refractivity contribution in [1.82, 2.24) is 0 Å². The first kappa shape index (κ1) is 13.8. The second kappa shape index (κ2) is 5.40. The molecule has 0 aliphatic rings. The minimum atomic E-state index is -4.36. The third-order valence-electron chi connectivity index (χ3n) is 2.11. The Bertz CT molecular complexity index is 416. The molecule has 0 aromatic heterocycles. The number of ketones is 1. The molecule has 94 valence electrons. The first-order chi connectivity index (χ1) is 7.85. The van der Waals surface area contributed by atoms with E-state index in [4.69, 9.17) is 16.3 Å². The molecule has 0 N–H and O–H groups in total. The predicted octanol–water partition coefficient (Wildman–Crippen LogP) is 3.87. The van der Waals surface area contributed by atoms with E-state index < -0.39 is 24.8 Å². The quantitative estimate of drug-likeness (QED) is 0.773. The molecule has 0 atom stereocenters. The highest BCUT2D eigenvalue weighted by atomic mass is 35.5.